The SMILES string of the molecule is CSCCn1ncnn1. The fourth-order valence-electron chi connectivity index (χ4n) is 0.464. The zero-order valence-corrected chi connectivity index (χ0v) is 6.01. The Hall–Kier alpha value is -0.580. The first kappa shape index (κ1) is 6.54. The Morgan fingerprint density at radius 3 is 3.11 bits per heavy atom. The second-order valence-corrected chi connectivity index (χ2v) is 2.51. The summed E-state index contributed by atoms with van der Waals surface area (Å²) in [6.45, 7) is 0.848. The molecule has 0 saturated carbocycles. The molecule has 0 aliphatic rings. The Morgan fingerprint density at radius 2 is 2.56 bits per heavy atom. The van der Waals surface area contributed by atoms with E-state index in [9.17, 15) is 0 Å². The van der Waals surface area contributed by atoms with Crippen molar-refractivity contribution in [1.29, 1.82) is 0 Å². The average Bonchev–Trinajstić information content (AvgIpc) is 2.34. The molecule has 1 heterocycles. The van der Waals surface area contributed by atoms with Crippen LogP contribution in [0.5, 0.6) is 0 Å². The molecule has 0 aromatic carbocycles. The zero-order valence-electron chi connectivity index (χ0n) is 5.19. The summed E-state index contributed by atoms with van der Waals surface area (Å²) in [6, 6.07) is 0. The highest BCUT2D eigenvalue weighted by Crippen LogP contribution is 1.90. The molecule has 0 fully saturated rings. The number of hydrogen-bond acceptors (Lipinski definition) is 4. The van der Waals surface area contributed by atoms with Gasteiger partial charge >= 0.3 is 0 Å². The summed E-state index contributed by atoms with van der Waals surface area (Å²) >= 11 is 1.77. The number of rotatable bonds is 3. The van der Waals surface area contributed by atoms with E-state index in [4.69, 9.17) is 0 Å². The van der Waals surface area contributed by atoms with Gasteiger partial charge in [0, 0.05) is 5.75 Å². The topological polar surface area (TPSA) is 43.6 Å². The highest BCUT2D eigenvalue weighted by Gasteiger charge is 1.88. The van der Waals surface area contributed by atoms with E-state index in [-0.39, 0.29) is 0 Å². The Labute approximate surface area is 57.6 Å². The monoisotopic (exact) mass is 144 g/mol. The van der Waals surface area contributed by atoms with Crippen LogP contribution < -0.4 is 0 Å². The van der Waals surface area contributed by atoms with E-state index in [1.54, 1.807) is 16.6 Å². The van der Waals surface area contributed by atoms with E-state index in [2.05, 4.69) is 21.7 Å². The standard InChI is InChI=1S/C4H8N4S/c1-9-3-2-8-6-4-5-7-8/h4H,2-3H2,1H3. The van der Waals surface area contributed by atoms with E-state index in [0.717, 1.165) is 12.3 Å². The van der Waals surface area contributed by atoms with Crippen LogP contribution in [-0.4, -0.2) is 32.2 Å². The molecule has 0 radical (unpaired) electrons. The molecule has 0 amide bonds. The van der Waals surface area contributed by atoms with Gasteiger partial charge in [0.25, 0.3) is 0 Å². The van der Waals surface area contributed by atoms with Gasteiger partial charge in [0.05, 0.1) is 6.54 Å². The number of tetrazole rings is 1. The van der Waals surface area contributed by atoms with Crippen LogP contribution in [0.1, 0.15) is 0 Å². The van der Waals surface area contributed by atoms with Crippen LogP contribution in [0.15, 0.2) is 6.33 Å². The number of nitrogens with zero attached hydrogens (tertiary/aromatic N) is 4. The van der Waals surface area contributed by atoms with Crippen LogP contribution in [0, 0.1) is 0 Å². The molecule has 1 rings (SSSR count). The Morgan fingerprint density at radius 1 is 1.67 bits per heavy atom. The quantitative estimate of drug-likeness (QED) is 0.600. The molecule has 1 aromatic heterocycles. The van der Waals surface area contributed by atoms with Crippen LogP contribution in [0.4, 0.5) is 0 Å². The molecule has 9 heavy (non-hydrogen) atoms. The third-order valence-electron chi connectivity index (χ3n) is 0.887. The molecule has 1 aromatic rings. The Bertz CT molecular complexity index is 150. The van der Waals surface area contributed by atoms with Crippen molar-refractivity contribution in [3.05, 3.63) is 6.33 Å². The van der Waals surface area contributed by atoms with Crippen molar-refractivity contribution in [2.75, 3.05) is 12.0 Å². The smallest absolute Gasteiger partial charge is 0.162 e. The fraction of sp³-hybridized carbons (Fsp3) is 0.750. The number of hydrogen-bond donors (Lipinski definition) is 0. The van der Waals surface area contributed by atoms with Crippen molar-refractivity contribution in [3.8, 4) is 0 Å². The summed E-state index contributed by atoms with van der Waals surface area (Å²) < 4.78 is 0. The predicted molar refractivity (Wildman–Crippen MR) is 36.2 cm³/mol. The maximum Gasteiger partial charge on any atom is 0.162 e. The second kappa shape index (κ2) is 3.45. The largest absolute Gasteiger partial charge is 0.164 e. The van der Waals surface area contributed by atoms with Crippen LogP contribution in [-0.2, 0) is 6.54 Å². The van der Waals surface area contributed by atoms with E-state index in [1.165, 1.54) is 6.33 Å². The highest BCUT2D eigenvalue weighted by atomic mass is 32.2. The maximum atomic E-state index is 3.83. The first-order valence-electron chi connectivity index (χ1n) is 2.63. The zero-order chi connectivity index (χ0) is 6.53. The lowest BCUT2D eigenvalue weighted by atomic mass is 10.8. The molecule has 0 bridgehead atoms. The van der Waals surface area contributed by atoms with Crippen LogP contribution in [0.3, 0.4) is 0 Å². The minimum absolute atomic E-state index is 0.848. The molecule has 0 aliphatic heterocycles. The molecular formula is C4H8N4S. The lowest BCUT2D eigenvalue weighted by Gasteiger charge is -1.92. The van der Waals surface area contributed by atoms with Gasteiger partial charge in [-0.2, -0.15) is 16.6 Å². The molecule has 4 nitrogen and oxygen atoms in total. The van der Waals surface area contributed by atoms with Gasteiger partial charge in [-0.05, 0) is 11.5 Å². The van der Waals surface area contributed by atoms with Gasteiger partial charge in [0.15, 0.2) is 6.33 Å². The lowest BCUT2D eigenvalue weighted by Crippen LogP contribution is -2.03. The Balaban J connectivity index is 2.30. The minimum Gasteiger partial charge on any atom is -0.164 e. The van der Waals surface area contributed by atoms with Crippen LogP contribution >= 0.6 is 11.8 Å². The summed E-state index contributed by atoms with van der Waals surface area (Å²) in [5, 5.41) is 11.1. The molecular weight excluding hydrogens is 136 g/mol. The lowest BCUT2D eigenvalue weighted by molar-refractivity contribution is 0.557. The summed E-state index contributed by atoms with van der Waals surface area (Å²) in [7, 11) is 0. The van der Waals surface area contributed by atoms with Crippen molar-refractivity contribution in [2.24, 2.45) is 0 Å². The van der Waals surface area contributed by atoms with Gasteiger partial charge in [-0.3, -0.25) is 0 Å². The normalized spacial score (nSPS) is 9.89. The summed E-state index contributed by atoms with van der Waals surface area (Å²) in [5.74, 6) is 1.04. The van der Waals surface area contributed by atoms with E-state index >= 15 is 0 Å². The molecule has 0 saturated heterocycles. The predicted octanol–water partition coefficient (Wildman–Crippen LogP) is 0.0361. The van der Waals surface area contributed by atoms with Crippen molar-refractivity contribution < 1.29 is 0 Å². The Kier molecular flexibility index (Phi) is 2.50. The molecule has 0 spiro atoms. The van der Waals surface area contributed by atoms with Gasteiger partial charge in [0.1, 0.15) is 0 Å². The average molecular weight is 144 g/mol. The summed E-state index contributed by atoms with van der Waals surface area (Å²) in [6.07, 6.45) is 3.50. The molecule has 0 atom stereocenters. The van der Waals surface area contributed by atoms with E-state index in [0.29, 0.717) is 0 Å². The minimum atomic E-state index is 0.848. The van der Waals surface area contributed by atoms with Gasteiger partial charge in [-0.15, -0.1) is 10.2 Å². The van der Waals surface area contributed by atoms with E-state index in [1.807, 2.05) is 0 Å². The van der Waals surface area contributed by atoms with Crippen molar-refractivity contribution in [2.45, 2.75) is 6.54 Å². The number of aryl methyl sites for hydroxylation is 1. The van der Waals surface area contributed by atoms with Gasteiger partial charge in [-0.1, -0.05) is 0 Å². The molecule has 0 aliphatic carbocycles. The van der Waals surface area contributed by atoms with Crippen LogP contribution in [0.2, 0.25) is 0 Å². The van der Waals surface area contributed by atoms with Crippen molar-refractivity contribution >= 4 is 11.8 Å². The first-order valence-corrected chi connectivity index (χ1v) is 4.02. The van der Waals surface area contributed by atoms with Gasteiger partial charge in [-0.25, -0.2) is 0 Å². The second-order valence-electron chi connectivity index (χ2n) is 1.52. The highest BCUT2D eigenvalue weighted by molar-refractivity contribution is 7.98. The summed E-state index contributed by atoms with van der Waals surface area (Å²) in [5.41, 5.74) is 0. The van der Waals surface area contributed by atoms with Crippen molar-refractivity contribution in [1.82, 2.24) is 20.2 Å². The van der Waals surface area contributed by atoms with E-state index < -0.39 is 0 Å². The fourth-order valence-corrected chi connectivity index (χ4v) is 0.810. The molecule has 0 N–H and O–H groups in total. The molecule has 5 heteroatoms. The van der Waals surface area contributed by atoms with Crippen molar-refractivity contribution in [3.63, 3.8) is 0 Å². The van der Waals surface area contributed by atoms with Gasteiger partial charge in [0.2, 0.25) is 0 Å². The third kappa shape index (κ3) is 2.01. The molecule has 0 unspecified atom stereocenters. The molecule has 50 valence electrons. The summed E-state index contributed by atoms with van der Waals surface area (Å²) in [4.78, 5) is 1.58. The third-order valence-corrected chi connectivity index (χ3v) is 1.48. The van der Waals surface area contributed by atoms with Crippen LogP contribution in [0.25, 0.3) is 0 Å². The number of aromatic nitrogens is 4. The van der Waals surface area contributed by atoms with Gasteiger partial charge < -0.3 is 0 Å². The maximum absolute atomic E-state index is 3.83. The first-order chi connectivity index (χ1) is 4.43. The number of thioether (sulfide) groups is 1.